The van der Waals surface area contributed by atoms with E-state index in [-0.39, 0.29) is 15.9 Å². The highest BCUT2D eigenvalue weighted by molar-refractivity contribution is 7.92. The molecule has 0 bridgehead atoms. The largest absolute Gasteiger partial charge is 0.370 e. The van der Waals surface area contributed by atoms with Gasteiger partial charge in [-0.1, -0.05) is 29.3 Å². The Morgan fingerprint density at radius 1 is 1.20 bits per heavy atom. The first-order valence-electron chi connectivity index (χ1n) is 9.56. The zero-order valence-electron chi connectivity index (χ0n) is 15.8. The topological polar surface area (TPSA) is 74.3 Å². The second-order valence-electron chi connectivity index (χ2n) is 7.57. The SMILES string of the molecule is O=S(=O)(Nc1cccc(F)n1)c1c(Cl)cc(N2CC[C@@H](CNC3CC3)C2)c(Cl)c1F. The number of sulfonamides is 1. The van der Waals surface area contributed by atoms with Gasteiger partial charge in [0.1, 0.15) is 15.7 Å². The average molecular weight is 477 g/mol. The molecule has 0 spiro atoms. The molecule has 1 saturated carbocycles. The van der Waals surface area contributed by atoms with Crippen molar-refractivity contribution in [2.45, 2.75) is 30.2 Å². The average Bonchev–Trinajstić information content (AvgIpc) is 3.38. The highest BCUT2D eigenvalue weighted by Gasteiger charge is 2.32. The van der Waals surface area contributed by atoms with Crippen molar-refractivity contribution in [3.63, 3.8) is 0 Å². The summed E-state index contributed by atoms with van der Waals surface area (Å²) in [5.74, 6) is -1.93. The predicted octanol–water partition coefficient (Wildman–Crippen LogP) is 4.05. The Morgan fingerprint density at radius 3 is 2.67 bits per heavy atom. The van der Waals surface area contributed by atoms with Crippen molar-refractivity contribution in [2.75, 3.05) is 29.3 Å². The monoisotopic (exact) mass is 476 g/mol. The molecular weight excluding hydrogens is 457 g/mol. The van der Waals surface area contributed by atoms with Crippen molar-refractivity contribution < 1.29 is 17.2 Å². The standard InChI is InChI=1S/C19H20Cl2F2N4O2S/c20-13-8-14(27-7-6-11(10-27)9-24-12-4-5-12)17(21)18(23)19(13)30(28,29)26-16-3-1-2-15(22)25-16/h1-3,8,11-12,24H,4-7,9-10H2,(H,25,26)/t11-/m0/s1. The Balaban J connectivity index is 1.56. The Kier molecular flexibility index (Phi) is 6.07. The van der Waals surface area contributed by atoms with Crippen LogP contribution in [0.4, 0.5) is 20.3 Å². The summed E-state index contributed by atoms with van der Waals surface area (Å²) in [4.78, 5) is 4.53. The van der Waals surface area contributed by atoms with Crippen molar-refractivity contribution in [3.8, 4) is 0 Å². The number of benzene rings is 1. The summed E-state index contributed by atoms with van der Waals surface area (Å²) < 4.78 is 55.7. The molecule has 30 heavy (non-hydrogen) atoms. The van der Waals surface area contributed by atoms with Gasteiger partial charge in [0, 0.05) is 19.1 Å². The third-order valence-corrected chi connectivity index (χ3v) is 7.40. The minimum absolute atomic E-state index is 0.295. The van der Waals surface area contributed by atoms with Gasteiger partial charge < -0.3 is 10.2 Å². The second kappa shape index (κ2) is 8.45. The molecule has 6 nitrogen and oxygen atoms in total. The number of hydrogen-bond donors (Lipinski definition) is 2. The number of halogens is 4. The van der Waals surface area contributed by atoms with E-state index in [0.29, 0.717) is 30.7 Å². The Hall–Kier alpha value is -1.68. The fourth-order valence-corrected chi connectivity index (χ4v) is 5.50. The van der Waals surface area contributed by atoms with E-state index in [4.69, 9.17) is 23.2 Å². The molecule has 0 unspecified atom stereocenters. The van der Waals surface area contributed by atoms with Gasteiger partial charge in [0.2, 0.25) is 5.95 Å². The van der Waals surface area contributed by atoms with Gasteiger partial charge in [0.05, 0.1) is 10.7 Å². The lowest BCUT2D eigenvalue weighted by Gasteiger charge is -2.22. The molecule has 1 aromatic heterocycles. The van der Waals surface area contributed by atoms with Crippen LogP contribution < -0.4 is 14.9 Å². The molecule has 1 saturated heterocycles. The van der Waals surface area contributed by atoms with E-state index in [9.17, 15) is 12.8 Å². The summed E-state index contributed by atoms with van der Waals surface area (Å²) in [6, 6.07) is 5.54. The molecule has 162 valence electrons. The van der Waals surface area contributed by atoms with E-state index in [0.717, 1.165) is 19.0 Å². The number of nitrogens with one attached hydrogen (secondary N) is 2. The predicted molar refractivity (Wildman–Crippen MR) is 113 cm³/mol. The molecule has 0 amide bonds. The van der Waals surface area contributed by atoms with Gasteiger partial charge in [-0.3, -0.25) is 4.72 Å². The first-order valence-corrected chi connectivity index (χ1v) is 11.8. The summed E-state index contributed by atoms with van der Waals surface area (Å²) >= 11 is 12.4. The van der Waals surface area contributed by atoms with E-state index in [1.807, 2.05) is 9.62 Å². The van der Waals surface area contributed by atoms with Crippen molar-refractivity contribution >= 4 is 44.7 Å². The lowest BCUT2D eigenvalue weighted by atomic mass is 10.1. The van der Waals surface area contributed by atoms with Crippen LogP contribution in [0.15, 0.2) is 29.2 Å². The molecule has 1 aromatic carbocycles. The minimum Gasteiger partial charge on any atom is -0.370 e. The molecular formula is C19H20Cl2F2N4O2S. The first kappa shape index (κ1) is 21.5. The van der Waals surface area contributed by atoms with Gasteiger partial charge in [-0.2, -0.15) is 4.39 Å². The molecule has 2 heterocycles. The smallest absolute Gasteiger partial charge is 0.267 e. The highest BCUT2D eigenvalue weighted by Crippen LogP contribution is 2.40. The molecule has 1 aliphatic carbocycles. The normalized spacial score (nSPS) is 19.3. The molecule has 2 aromatic rings. The van der Waals surface area contributed by atoms with Crippen molar-refractivity contribution in [1.29, 1.82) is 0 Å². The lowest BCUT2D eigenvalue weighted by molar-refractivity contribution is 0.515. The molecule has 1 aliphatic heterocycles. The van der Waals surface area contributed by atoms with Crippen LogP contribution in [0.5, 0.6) is 0 Å². The van der Waals surface area contributed by atoms with E-state index in [1.54, 1.807) is 0 Å². The van der Waals surface area contributed by atoms with Crippen LogP contribution in [0.25, 0.3) is 0 Å². The minimum atomic E-state index is -4.48. The fourth-order valence-electron chi connectivity index (χ4n) is 3.53. The zero-order valence-corrected chi connectivity index (χ0v) is 18.2. The third kappa shape index (κ3) is 4.64. The van der Waals surface area contributed by atoms with Crippen molar-refractivity contribution in [3.05, 3.63) is 46.1 Å². The van der Waals surface area contributed by atoms with E-state index >= 15 is 4.39 Å². The molecule has 2 fully saturated rings. The number of pyridine rings is 1. The Bertz CT molecular complexity index is 1070. The maximum Gasteiger partial charge on any atom is 0.267 e. The highest BCUT2D eigenvalue weighted by atomic mass is 35.5. The Morgan fingerprint density at radius 2 is 1.97 bits per heavy atom. The van der Waals surface area contributed by atoms with Crippen LogP contribution in [-0.2, 0) is 10.0 Å². The summed E-state index contributed by atoms with van der Waals surface area (Å²) in [7, 11) is -4.48. The molecule has 4 rings (SSSR count). The van der Waals surface area contributed by atoms with Crippen LogP contribution in [0, 0.1) is 17.7 Å². The van der Waals surface area contributed by atoms with Gasteiger partial charge in [-0.25, -0.2) is 17.8 Å². The summed E-state index contributed by atoms with van der Waals surface area (Å²) in [5.41, 5.74) is 0.357. The van der Waals surface area contributed by atoms with E-state index in [1.165, 1.54) is 31.0 Å². The van der Waals surface area contributed by atoms with Crippen LogP contribution >= 0.6 is 23.2 Å². The molecule has 1 atom stereocenters. The number of rotatable bonds is 7. The van der Waals surface area contributed by atoms with E-state index in [2.05, 4.69) is 10.3 Å². The van der Waals surface area contributed by atoms with Crippen LogP contribution in [0.1, 0.15) is 19.3 Å². The third-order valence-electron chi connectivity index (χ3n) is 5.22. The summed E-state index contributed by atoms with van der Waals surface area (Å²) in [5, 5.41) is 2.86. The number of anilines is 2. The quantitative estimate of drug-likeness (QED) is 0.465. The van der Waals surface area contributed by atoms with Crippen LogP contribution in [0.2, 0.25) is 10.0 Å². The first-order chi connectivity index (χ1) is 14.2. The Labute approximate surface area is 183 Å². The lowest BCUT2D eigenvalue weighted by Crippen LogP contribution is -2.28. The molecule has 11 heteroatoms. The number of hydrogen-bond acceptors (Lipinski definition) is 5. The summed E-state index contributed by atoms with van der Waals surface area (Å²) in [6.07, 6.45) is 3.33. The van der Waals surface area contributed by atoms with E-state index < -0.39 is 26.7 Å². The molecule has 0 radical (unpaired) electrons. The van der Waals surface area contributed by atoms with Gasteiger partial charge in [-0.15, -0.1) is 0 Å². The maximum atomic E-state index is 15.0. The van der Waals surface area contributed by atoms with Crippen molar-refractivity contribution in [1.82, 2.24) is 10.3 Å². The fraction of sp³-hybridized carbons (Fsp3) is 0.421. The van der Waals surface area contributed by atoms with Crippen LogP contribution in [0.3, 0.4) is 0 Å². The van der Waals surface area contributed by atoms with Crippen LogP contribution in [-0.4, -0.2) is 39.1 Å². The van der Waals surface area contributed by atoms with Gasteiger partial charge in [0.25, 0.3) is 10.0 Å². The molecule has 2 aliphatic rings. The van der Waals surface area contributed by atoms with Gasteiger partial charge in [0.15, 0.2) is 5.82 Å². The van der Waals surface area contributed by atoms with Gasteiger partial charge >= 0.3 is 0 Å². The van der Waals surface area contributed by atoms with Crippen molar-refractivity contribution in [2.24, 2.45) is 5.92 Å². The molecule has 2 N–H and O–H groups in total. The maximum absolute atomic E-state index is 15.0. The van der Waals surface area contributed by atoms with Gasteiger partial charge in [-0.05, 0) is 49.9 Å². The number of aromatic nitrogens is 1. The number of nitrogens with zero attached hydrogens (tertiary/aromatic N) is 2. The zero-order chi connectivity index (χ0) is 21.5. The second-order valence-corrected chi connectivity index (χ2v) is 9.97. The summed E-state index contributed by atoms with van der Waals surface area (Å²) in [6.45, 7) is 2.23.